The highest BCUT2D eigenvalue weighted by molar-refractivity contribution is 5.70. The average molecular weight is 230 g/mol. The number of hydrogen-bond donors (Lipinski definition) is 1. The first-order valence-corrected chi connectivity index (χ1v) is 5.44. The predicted octanol–water partition coefficient (Wildman–Crippen LogP) is 1.87. The fraction of sp³-hybridized carbons (Fsp3) is 0.231. The Labute approximate surface area is 99.5 Å². The summed E-state index contributed by atoms with van der Waals surface area (Å²) in [4.78, 5) is 10.8. The van der Waals surface area contributed by atoms with Crippen LogP contribution >= 0.6 is 0 Å². The van der Waals surface area contributed by atoms with Gasteiger partial charge in [0.1, 0.15) is 0 Å². The molecule has 0 radical (unpaired) electrons. The Balaban J connectivity index is 2.23. The van der Waals surface area contributed by atoms with E-state index in [0.29, 0.717) is 6.54 Å². The van der Waals surface area contributed by atoms with Gasteiger partial charge in [-0.25, -0.2) is 0 Å². The van der Waals surface area contributed by atoms with E-state index >= 15 is 0 Å². The molecule has 4 nitrogen and oxygen atoms in total. The molecule has 0 saturated carbocycles. The van der Waals surface area contributed by atoms with Gasteiger partial charge in [-0.2, -0.15) is 5.10 Å². The monoisotopic (exact) mass is 230 g/mol. The lowest BCUT2D eigenvalue weighted by Crippen LogP contribution is -2.07. The van der Waals surface area contributed by atoms with Gasteiger partial charge in [-0.1, -0.05) is 24.3 Å². The zero-order valence-corrected chi connectivity index (χ0v) is 9.63. The first-order chi connectivity index (χ1) is 8.15. The SMILES string of the molecule is Cc1ccn(Cc2ccccc2CC(=O)O)n1. The van der Waals surface area contributed by atoms with Crippen molar-refractivity contribution in [3.05, 3.63) is 53.3 Å². The molecule has 1 aromatic heterocycles. The molecule has 17 heavy (non-hydrogen) atoms. The van der Waals surface area contributed by atoms with Gasteiger partial charge in [0.25, 0.3) is 0 Å². The van der Waals surface area contributed by atoms with Crippen LogP contribution in [0.5, 0.6) is 0 Å². The summed E-state index contributed by atoms with van der Waals surface area (Å²) in [6, 6.07) is 9.49. The lowest BCUT2D eigenvalue weighted by molar-refractivity contribution is -0.136. The smallest absolute Gasteiger partial charge is 0.307 e. The second kappa shape index (κ2) is 4.82. The maximum Gasteiger partial charge on any atom is 0.307 e. The Kier molecular flexibility index (Phi) is 3.23. The highest BCUT2D eigenvalue weighted by atomic mass is 16.4. The summed E-state index contributed by atoms with van der Waals surface area (Å²) >= 11 is 0. The van der Waals surface area contributed by atoms with Crippen molar-refractivity contribution in [2.75, 3.05) is 0 Å². The molecule has 4 heteroatoms. The van der Waals surface area contributed by atoms with Crippen LogP contribution in [-0.4, -0.2) is 20.9 Å². The Bertz CT molecular complexity index is 532. The second-order valence-corrected chi connectivity index (χ2v) is 3.99. The van der Waals surface area contributed by atoms with Crippen LogP contribution in [0.4, 0.5) is 0 Å². The lowest BCUT2D eigenvalue weighted by atomic mass is 10.0. The Morgan fingerprint density at radius 1 is 1.29 bits per heavy atom. The van der Waals surface area contributed by atoms with Gasteiger partial charge in [0.15, 0.2) is 0 Å². The quantitative estimate of drug-likeness (QED) is 0.872. The molecule has 0 unspecified atom stereocenters. The number of hydrogen-bond acceptors (Lipinski definition) is 2. The number of nitrogens with zero attached hydrogens (tertiary/aromatic N) is 2. The number of carboxylic acid groups (broad SMARTS) is 1. The number of rotatable bonds is 4. The minimum absolute atomic E-state index is 0.0520. The van der Waals surface area contributed by atoms with E-state index < -0.39 is 5.97 Å². The van der Waals surface area contributed by atoms with Crippen molar-refractivity contribution >= 4 is 5.97 Å². The summed E-state index contributed by atoms with van der Waals surface area (Å²) in [5.74, 6) is -0.811. The van der Waals surface area contributed by atoms with E-state index in [1.807, 2.05) is 48.1 Å². The van der Waals surface area contributed by atoms with E-state index in [9.17, 15) is 4.79 Å². The van der Waals surface area contributed by atoms with E-state index in [0.717, 1.165) is 16.8 Å². The standard InChI is InChI=1S/C13H14N2O2/c1-10-6-7-15(14-10)9-12-5-3-2-4-11(12)8-13(16)17/h2-7H,8-9H2,1H3,(H,16,17). The van der Waals surface area contributed by atoms with E-state index in [4.69, 9.17) is 5.11 Å². The van der Waals surface area contributed by atoms with Crippen LogP contribution in [0.15, 0.2) is 36.5 Å². The summed E-state index contributed by atoms with van der Waals surface area (Å²) in [5.41, 5.74) is 2.80. The molecule has 1 heterocycles. The predicted molar refractivity (Wildman–Crippen MR) is 63.8 cm³/mol. The molecular weight excluding hydrogens is 216 g/mol. The van der Waals surface area contributed by atoms with Crippen molar-refractivity contribution in [1.82, 2.24) is 9.78 Å². The van der Waals surface area contributed by atoms with Crippen molar-refractivity contribution in [3.8, 4) is 0 Å². The molecule has 1 aromatic carbocycles. The topological polar surface area (TPSA) is 55.1 Å². The molecule has 2 rings (SSSR count). The molecule has 0 atom stereocenters. The summed E-state index contributed by atoms with van der Waals surface area (Å²) in [7, 11) is 0. The zero-order valence-electron chi connectivity index (χ0n) is 9.63. The van der Waals surface area contributed by atoms with Gasteiger partial charge >= 0.3 is 5.97 Å². The van der Waals surface area contributed by atoms with Gasteiger partial charge in [0.05, 0.1) is 18.7 Å². The summed E-state index contributed by atoms with van der Waals surface area (Å²) < 4.78 is 1.82. The molecule has 0 aliphatic rings. The Morgan fingerprint density at radius 3 is 2.59 bits per heavy atom. The van der Waals surface area contributed by atoms with Crippen molar-refractivity contribution in [2.24, 2.45) is 0 Å². The molecule has 0 spiro atoms. The number of carbonyl (C=O) groups is 1. The molecule has 0 fully saturated rings. The number of aromatic nitrogens is 2. The van der Waals surface area contributed by atoms with E-state index in [-0.39, 0.29) is 6.42 Å². The van der Waals surface area contributed by atoms with Crippen molar-refractivity contribution in [2.45, 2.75) is 19.9 Å². The lowest BCUT2D eigenvalue weighted by Gasteiger charge is -2.07. The highest BCUT2D eigenvalue weighted by Gasteiger charge is 2.06. The Hall–Kier alpha value is -2.10. The van der Waals surface area contributed by atoms with Crippen LogP contribution in [0.3, 0.4) is 0 Å². The van der Waals surface area contributed by atoms with Gasteiger partial charge in [-0.15, -0.1) is 0 Å². The largest absolute Gasteiger partial charge is 0.481 e. The minimum Gasteiger partial charge on any atom is -0.481 e. The first kappa shape index (κ1) is 11.4. The highest BCUT2D eigenvalue weighted by Crippen LogP contribution is 2.11. The molecule has 0 saturated heterocycles. The van der Waals surface area contributed by atoms with Gasteiger partial charge < -0.3 is 5.11 Å². The van der Waals surface area contributed by atoms with Gasteiger partial charge in [-0.3, -0.25) is 9.48 Å². The zero-order chi connectivity index (χ0) is 12.3. The second-order valence-electron chi connectivity index (χ2n) is 3.99. The van der Waals surface area contributed by atoms with Crippen molar-refractivity contribution in [1.29, 1.82) is 0 Å². The van der Waals surface area contributed by atoms with Crippen LogP contribution in [0.25, 0.3) is 0 Å². The molecule has 0 aliphatic heterocycles. The fourth-order valence-electron chi connectivity index (χ4n) is 1.77. The van der Waals surface area contributed by atoms with Crippen LogP contribution in [-0.2, 0) is 17.8 Å². The third kappa shape index (κ3) is 2.93. The van der Waals surface area contributed by atoms with E-state index in [1.54, 1.807) is 0 Å². The molecular formula is C13H14N2O2. The number of aryl methyl sites for hydroxylation is 1. The van der Waals surface area contributed by atoms with Crippen LogP contribution in [0.2, 0.25) is 0 Å². The molecule has 1 N–H and O–H groups in total. The van der Waals surface area contributed by atoms with Crippen LogP contribution < -0.4 is 0 Å². The molecule has 2 aromatic rings. The molecule has 0 aliphatic carbocycles. The molecule has 0 bridgehead atoms. The number of benzene rings is 1. The van der Waals surface area contributed by atoms with Gasteiger partial charge in [0.2, 0.25) is 0 Å². The van der Waals surface area contributed by atoms with Crippen molar-refractivity contribution in [3.63, 3.8) is 0 Å². The van der Waals surface area contributed by atoms with E-state index in [2.05, 4.69) is 5.10 Å². The van der Waals surface area contributed by atoms with Crippen LogP contribution in [0.1, 0.15) is 16.8 Å². The van der Waals surface area contributed by atoms with Crippen LogP contribution in [0, 0.1) is 6.92 Å². The summed E-state index contributed by atoms with van der Waals surface area (Å²) in [6.45, 7) is 2.54. The van der Waals surface area contributed by atoms with Gasteiger partial charge in [-0.05, 0) is 24.1 Å². The normalized spacial score (nSPS) is 10.4. The maximum atomic E-state index is 10.8. The summed E-state index contributed by atoms with van der Waals surface area (Å²) in [6.07, 6.45) is 1.95. The first-order valence-electron chi connectivity index (χ1n) is 5.44. The number of aliphatic carboxylic acids is 1. The molecule has 0 amide bonds. The maximum absolute atomic E-state index is 10.8. The Morgan fingerprint density at radius 2 is 2.00 bits per heavy atom. The third-order valence-corrected chi connectivity index (χ3v) is 2.57. The summed E-state index contributed by atoms with van der Waals surface area (Å²) in [5, 5.41) is 13.1. The average Bonchev–Trinajstić information content (AvgIpc) is 2.66. The number of carboxylic acids is 1. The van der Waals surface area contributed by atoms with Crippen molar-refractivity contribution < 1.29 is 9.90 Å². The third-order valence-electron chi connectivity index (χ3n) is 2.57. The molecule has 88 valence electrons. The fourth-order valence-corrected chi connectivity index (χ4v) is 1.77. The van der Waals surface area contributed by atoms with E-state index in [1.165, 1.54) is 0 Å². The minimum atomic E-state index is -0.811. The van der Waals surface area contributed by atoms with Gasteiger partial charge in [0, 0.05) is 6.20 Å².